The molecule has 18 heavy (non-hydrogen) atoms. The molecule has 0 atom stereocenters. The fraction of sp³-hybridized carbons (Fsp3) is 0.308. The van der Waals surface area contributed by atoms with Crippen LogP contribution < -0.4 is 0 Å². The monoisotopic (exact) mass is 250 g/mol. The third-order valence-electron chi connectivity index (χ3n) is 2.30. The molecule has 5 nitrogen and oxygen atoms in total. The summed E-state index contributed by atoms with van der Waals surface area (Å²) in [4.78, 5) is 34.0. The van der Waals surface area contributed by atoms with Gasteiger partial charge < -0.3 is 9.84 Å². The number of carbonyl (C=O) groups is 3. The van der Waals surface area contributed by atoms with Crippen LogP contribution in [-0.4, -0.2) is 29.4 Å². The van der Waals surface area contributed by atoms with E-state index in [4.69, 9.17) is 9.84 Å². The lowest BCUT2D eigenvalue weighted by Crippen LogP contribution is -2.16. The van der Waals surface area contributed by atoms with Gasteiger partial charge in [0.15, 0.2) is 0 Å². The number of Topliss-reactive ketones (excluding diaryl/α,β-unsaturated/α-hetero) is 1. The lowest BCUT2D eigenvalue weighted by atomic mass is 9.97. The first kappa shape index (κ1) is 13.9. The zero-order chi connectivity index (χ0) is 13.7. The maximum Gasteiger partial charge on any atom is 0.339 e. The van der Waals surface area contributed by atoms with E-state index in [-0.39, 0.29) is 29.9 Å². The first-order valence-electron chi connectivity index (χ1n) is 5.49. The Hall–Kier alpha value is -2.17. The predicted molar refractivity (Wildman–Crippen MR) is 63.7 cm³/mol. The average Bonchev–Trinajstić information content (AvgIpc) is 2.28. The lowest BCUT2D eigenvalue weighted by Gasteiger charge is -2.10. The Morgan fingerprint density at radius 2 is 1.94 bits per heavy atom. The van der Waals surface area contributed by atoms with Crippen LogP contribution in [0.1, 0.15) is 40.1 Å². The number of ketones is 1. The van der Waals surface area contributed by atoms with Gasteiger partial charge in [-0.2, -0.15) is 0 Å². The smallest absolute Gasteiger partial charge is 0.339 e. The first-order chi connectivity index (χ1) is 8.47. The molecule has 0 bridgehead atoms. The van der Waals surface area contributed by atoms with Gasteiger partial charge >= 0.3 is 11.9 Å². The number of ether oxygens (including phenoxy) is 1. The van der Waals surface area contributed by atoms with Crippen LogP contribution in [0.25, 0.3) is 0 Å². The van der Waals surface area contributed by atoms with Crippen molar-refractivity contribution >= 4 is 17.7 Å². The molecular weight excluding hydrogens is 236 g/mol. The maximum atomic E-state index is 11.8. The van der Waals surface area contributed by atoms with E-state index in [1.165, 1.54) is 19.1 Å². The van der Waals surface area contributed by atoms with Gasteiger partial charge in [0.25, 0.3) is 0 Å². The maximum absolute atomic E-state index is 11.8. The molecule has 0 radical (unpaired) electrons. The van der Waals surface area contributed by atoms with Crippen molar-refractivity contribution in [1.29, 1.82) is 0 Å². The minimum Gasteiger partial charge on any atom is -0.478 e. The van der Waals surface area contributed by atoms with Crippen LogP contribution in [0.5, 0.6) is 0 Å². The molecule has 1 aromatic rings. The summed E-state index contributed by atoms with van der Waals surface area (Å²) in [7, 11) is 0. The third kappa shape index (κ3) is 3.16. The minimum absolute atomic E-state index is 0.00919. The number of rotatable bonds is 5. The molecule has 0 amide bonds. The molecule has 0 unspecified atom stereocenters. The van der Waals surface area contributed by atoms with Crippen molar-refractivity contribution in [2.75, 3.05) is 6.61 Å². The second-order valence-corrected chi connectivity index (χ2v) is 3.74. The number of benzene rings is 1. The molecule has 1 N–H and O–H groups in total. The molecule has 0 saturated heterocycles. The second kappa shape index (κ2) is 5.95. The van der Waals surface area contributed by atoms with Crippen molar-refractivity contribution in [3.63, 3.8) is 0 Å². The number of carbonyl (C=O) groups excluding carboxylic acids is 2. The predicted octanol–water partition coefficient (Wildman–Crippen LogP) is 1.69. The molecule has 1 rings (SSSR count). The number of carboxylic acids is 1. The molecular formula is C13H14O5. The van der Waals surface area contributed by atoms with Crippen molar-refractivity contribution in [3.05, 3.63) is 34.9 Å². The van der Waals surface area contributed by atoms with E-state index in [9.17, 15) is 14.4 Å². The molecule has 0 aliphatic carbocycles. The van der Waals surface area contributed by atoms with Gasteiger partial charge in [-0.15, -0.1) is 0 Å². The van der Waals surface area contributed by atoms with Crippen molar-refractivity contribution < 1.29 is 24.2 Å². The molecule has 0 aliphatic heterocycles. The Morgan fingerprint density at radius 1 is 1.28 bits per heavy atom. The zero-order valence-corrected chi connectivity index (χ0v) is 10.2. The van der Waals surface area contributed by atoms with Crippen molar-refractivity contribution in [1.82, 2.24) is 0 Å². The second-order valence-electron chi connectivity index (χ2n) is 3.74. The van der Waals surface area contributed by atoms with Crippen molar-refractivity contribution in [3.8, 4) is 0 Å². The molecule has 1 aromatic carbocycles. The van der Waals surface area contributed by atoms with E-state index in [2.05, 4.69) is 0 Å². The Labute approximate surface area is 104 Å². The van der Waals surface area contributed by atoms with Gasteiger partial charge in [0.05, 0.1) is 17.7 Å². The summed E-state index contributed by atoms with van der Waals surface area (Å²) in [5.74, 6) is -2.08. The summed E-state index contributed by atoms with van der Waals surface area (Å²) < 4.78 is 4.83. The van der Waals surface area contributed by atoms with Gasteiger partial charge in [0.2, 0.25) is 0 Å². The van der Waals surface area contributed by atoms with Crippen LogP contribution in [0.2, 0.25) is 0 Å². The average molecular weight is 250 g/mol. The van der Waals surface area contributed by atoms with E-state index >= 15 is 0 Å². The molecule has 0 spiro atoms. The summed E-state index contributed by atoms with van der Waals surface area (Å²) in [6, 6.07) is 4.38. The lowest BCUT2D eigenvalue weighted by molar-refractivity contribution is -0.116. The van der Waals surface area contributed by atoms with Gasteiger partial charge in [-0.25, -0.2) is 9.59 Å². The Bertz CT molecular complexity index is 490. The fourth-order valence-corrected chi connectivity index (χ4v) is 1.64. The largest absolute Gasteiger partial charge is 0.478 e. The zero-order valence-electron chi connectivity index (χ0n) is 10.2. The van der Waals surface area contributed by atoms with Gasteiger partial charge in [-0.05, 0) is 25.5 Å². The summed E-state index contributed by atoms with van der Waals surface area (Å²) in [5.41, 5.74) is 0.190. The third-order valence-corrected chi connectivity index (χ3v) is 2.30. The number of hydrogen-bond donors (Lipinski definition) is 1. The van der Waals surface area contributed by atoms with E-state index in [1.54, 1.807) is 13.0 Å². The molecule has 0 heterocycles. The standard InChI is InChI=1S/C13H14O5/c1-3-18-13(17)11-9(7-8(2)14)5-4-6-10(11)12(15)16/h4-6H,3,7H2,1-2H3,(H,15,16). The van der Waals surface area contributed by atoms with Crippen LogP contribution in [-0.2, 0) is 16.0 Å². The Balaban J connectivity index is 3.33. The highest BCUT2D eigenvalue weighted by Gasteiger charge is 2.21. The van der Waals surface area contributed by atoms with Gasteiger partial charge in [-0.3, -0.25) is 4.79 Å². The summed E-state index contributed by atoms with van der Waals surface area (Å²) >= 11 is 0. The number of aromatic carboxylic acids is 1. The van der Waals surface area contributed by atoms with Crippen LogP contribution >= 0.6 is 0 Å². The highest BCUT2D eigenvalue weighted by Crippen LogP contribution is 2.17. The molecule has 96 valence electrons. The van der Waals surface area contributed by atoms with Crippen molar-refractivity contribution in [2.24, 2.45) is 0 Å². The number of hydrogen-bond acceptors (Lipinski definition) is 4. The Kier molecular flexibility index (Phi) is 4.59. The summed E-state index contributed by atoms with van der Waals surface area (Å²) in [5, 5.41) is 9.05. The quantitative estimate of drug-likeness (QED) is 0.804. The normalized spacial score (nSPS) is 9.89. The van der Waals surface area contributed by atoms with Gasteiger partial charge in [0.1, 0.15) is 5.78 Å². The van der Waals surface area contributed by atoms with Gasteiger partial charge in [0, 0.05) is 6.42 Å². The SMILES string of the molecule is CCOC(=O)c1c(CC(C)=O)cccc1C(=O)O. The Morgan fingerprint density at radius 3 is 2.44 bits per heavy atom. The molecule has 0 aromatic heterocycles. The van der Waals surface area contributed by atoms with Crippen molar-refractivity contribution in [2.45, 2.75) is 20.3 Å². The van der Waals surface area contributed by atoms with Crippen LogP contribution in [0.3, 0.4) is 0 Å². The van der Waals surface area contributed by atoms with Crippen LogP contribution in [0.4, 0.5) is 0 Å². The fourth-order valence-electron chi connectivity index (χ4n) is 1.64. The molecule has 0 fully saturated rings. The topological polar surface area (TPSA) is 80.7 Å². The molecule has 0 aliphatic rings. The van der Waals surface area contributed by atoms with E-state index < -0.39 is 11.9 Å². The summed E-state index contributed by atoms with van der Waals surface area (Å²) in [6.45, 7) is 3.15. The number of esters is 1. The van der Waals surface area contributed by atoms with Crippen LogP contribution in [0.15, 0.2) is 18.2 Å². The van der Waals surface area contributed by atoms with Crippen LogP contribution in [0, 0.1) is 0 Å². The highest BCUT2D eigenvalue weighted by atomic mass is 16.5. The number of carboxylic acid groups (broad SMARTS) is 1. The minimum atomic E-state index is -1.22. The summed E-state index contributed by atoms with van der Waals surface area (Å²) in [6.07, 6.45) is 0.00919. The molecule has 0 saturated carbocycles. The van der Waals surface area contributed by atoms with E-state index in [1.807, 2.05) is 0 Å². The van der Waals surface area contributed by atoms with E-state index in [0.717, 1.165) is 0 Å². The molecule has 5 heteroatoms. The first-order valence-corrected chi connectivity index (χ1v) is 5.49. The van der Waals surface area contributed by atoms with E-state index in [0.29, 0.717) is 5.56 Å². The van der Waals surface area contributed by atoms with Gasteiger partial charge in [-0.1, -0.05) is 12.1 Å². The highest BCUT2D eigenvalue weighted by molar-refractivity contribution is 6.04.